The Bertz CT molecular complexity index is 1350. The van der Waals surface area contributed by atoms with Gasteiger partial charge < -0.3 is 19.8 Å². The maximum atomic E-state index is 15.1. The molecule has 2 aromatic carbocycles. The summed E-state index contributed by atoms with van der Waals surface area (Å²) in [5.41, 5.74) is 6.05. The molecule has 11 heteroatoms. The van der Waals surface area contributed by atoms with Gasteiger partial charge in [0.1, 0.15) is 11.6 Å². The van der Waals surface area contributed by atoms with E-state index in [1.54, 1.807) is 24.3 Å². The molecule has 2 N–H and O–H groups in total. The molecule has 1 aliphatic rings. The Morgan fingerprint density at radius 1 is 1.21 bits per heavy atom. The Morgan fingerprint density at radius 2 is 1.88 bits per heavy atom. The van der Waals surface area contributed by atoms with Crippen molar-refractivity contribution in [3.8, 4) is 17.2 Å². The molecule has 0 saturated heterocycles. The van der Waals surface area contributed by atoms with Crippen LogP contribution in [0.5, 0.6) is 5.75 Å². The minimum atomic E-state index is -4.05. The summed E-state index contributed by atoms with van der Waals surface area (Å²) in [5.74, 6) is -1.30. The van der Waals surface area contributed by atoms with Crippen molar-refractivity contribution in [3.05, 3.63) is 53.7 Å². The fourth-order valence-corrected chi connectivity index (χ4v) is 5.16. The molecule has 0 unspecified atom stereocenters. The Balaban J connectivity index is 1.87. The van der Waals surface area contributed by atoms with E-state index in [2.05, 4.69) is 10.2 Å². The minimum Gasteiger partial charge on any atom is -0.497 e. The van der Waals surface area contributed by atoms with Crippen LogP contribution >= 0.6 is 0 Å². The highest BCUT2D eigenvalue weighted by Gasteiger charge is 2.37. The molecule has 1 atom stereocenters. The maximum Gasteiger partial charge on any atom is 0.250 e. The van der Waals surface area contributed by atoms with E-state index >= 15 is 4.39 Å². The van der Waals surface area contributed by atoms with Gasteiger partial charge in [0.2, 0.25) is 11.8 Å². The lowest BCUT2D eigenvalue weighted by Gasteiger charge is -2.24. The molecule has 1 amide bonds. The third-order valence-corrected chi connectivity index (χ3v) is 7.25. The highest BCUT2D eigenvalue weighted by atomic mass is 32.2. The van der Waals surface area contributed by atoms with E-state index in [9.17, 15) is 13.2 Å². The van der Waals surface area contributed by atoms with Crippen molar-refractivity contribution in [2.45, 2.75) is 43.7 Å². The molecule has 0 radical (unpaired) electrons. The zero-order valence-corrected chi connectivity index (χ0v) is 20.0. The van der Waals surface area contributed by atoms with E-state index in [0.29, 0.717) is 11.3 Å². The molecule has 1 aromatic heterocycles. The average molecular weight is 489 g/mol. The Hall–Kier alpha value is -3.31. The average Bonchev–Trinajstić information content (AvgIpc) is 3.25. The Morgan fingerprint density at radius 3 is 2.47 bits per heavy atom. The van der Waals surface area contributed by atoms with E-state index < -0.39 is 38.8 Å². The standard InChI is InChI=1S/C23H25FN4O5S/c1-23(2,3)22-27-26-20(33-22)15-9-18-19(10-16(15)24)34(30,31)12-17(25)21(29)28(18)11-13-5-7-14(32-4)8-6-13/h5-10,17H,11-12,25H2,1-4H3/t17-/m0/s1. The van der Waals surface area contributed by atoms with Crippen molar-refractivity contribution in [3.63, 3.8) is 0 Å². The summed E-state index contributed by atoms with van der Waals surface area (Å²) in [6.07, 6.45) is 0. The largest absolute Gasteiger partial charge is 0.497 e. The number of rotatable bonds is 4. The molecule has 0 aliphatic carbocycles. The van der Waals surface area contributed by atoms with Crippen molar-refractivity contribution in [1.29, 1.82) is 0 Å². The lowest BCUT2D eigenvalue weighted by atomic mass is 9.97. The van der Waals surface area contributed by atoms with Crippen molar-refractivity contribution in [1.82, 2.24) is 10.2 Å². The third-order valence-electron chi connectivity index (χ3n) is 5.45. The number of fused-ring (bicyclic) bond motifs is 1. The van der Waals surface area contributed by atoms with Crippen LogP contribution in [0.15, 0.2) is 45.7 Å². The summed E-state index contributed by atoms with van der Waals surface area (Å²) < 4.78 is 51.9. The topological polar surface area (TPSA) is 129 Å². The number of benzene rings is 2. The van der Waals surface area contributed by atoms with Gasteiger partial charge in [-0.2, -0.15) is 0 Å². The van der Waals surface area contributed by atoms with Crippen LogP contribution in [-0.4, -0.2) is 43.4 Å². The number of halogens is 1. The van der Waals surface area contributed by atoms with E-state index in [1.807, 2.05) is 20.8 Å². The first-order valence-corrected chi connectivity index (χ1v) is 12.2. The van der Waals surface area contributed by atoms with Gasteiger partial charge in [0, 0.05) is 5.41 Å². The molecule has 1 aliphatic heterocycles. The van der Waals surface area contributed by atoms with Crippen molar-refractivity contribution in [2.75, 3.05) is 17.8 Å². The number of sulfone groups is 1. The molecule has 2 heterocycles. The third kappa shape index (κ3) is 4.40. The number of nitrogens with two attached hydrogens (primary N) is 1. The molecular weight excluding hydrogens is 463 g/mol. The van der Waals surface area contributed by atoms with Crippen LogP contribution in [0.25, 0.3) is 11.5 Å². The predicted molar refractivity (Wildman–Crippen MR) is 123 cm³/mol. The smallest absolute Gasteiger partial charge is 0.250 e. The molecule has 0 saturated carbocycles. The molecule has 0 bridgehead atoms. The van der Waals surface area contributed by atoms with Crippen LogP contribution in [0.3, 0.4) is 0 Å². The summed E-state index contributed by atoms with van der Waals surface area (Å²) in [7, 11) is -2.52. The first kappa shape index (κ1) is 23.8. The molecule has 0 spiro atoms. The van der Waals surface area contributed by atoms with Gasteiger partial charge in [0.05, 0.1) is 41.6 Å². The summed E-state index contributed by atoms with van der Waals surface area (Å²) in [5, 5.41) is 7.92. The second-order valence-electron chi connectivity index (χ2n) is 9.12. The molecule has 180 valence electrons. The van der Waals surface area contributed by atoms with Gasteiger partial charge in [0.25, 0.3) is 5.89 Å². The number of hydrogen-bond acceptors (Lipinski definition) is 8. The van der Waals surface area contributed by atoms with Gasteiger partial charge in [-0.3, -0.25) is 4.79 Å². The number of methoxy groups -OCH3 is 1. The number of carbonyl (C=O) groups is 1. The Kier molecular flexibility index (Phi) is 5.94. The highest BCUT2D eigenvalue weighted by Crippen LogP contribution is 2.37. The second-order valence-corrected chi connectivity index (χ2v) is 11.1. The maximum absolute atomic E-state index is 15.1. The van der Waals surface area contributed by atoms with Crippen LogP contribution in [0.2, 0.25) is 0 Å². The number of aromatic nitrogens is 2. The van der Waals surface area contributed by atoms with Crippen molar-refractivity contribution >= 4 is 21.4 Å². The number of carbonyl (C=O) groups excluding carboxylic acids is 1. The van der Waals surface area contributed by atoms with Crippen molar-refractivity contribution < 1.29 is 26.8 Å². The molecule has 4 rings (SSSR count). The summed E-state index contributed by atoms with van der Waals surface area (Å²) >= 11 is 0. The zero-order valence-electron chi connectivity index (χ0n) is 19.2. The normalized spacial score (nSPS) is 17.9. The molecule has 3 aromatic rings. The highest BCUT2D eigenvalue weighted by molar-refractivity contribution is 7.91. The van der Waals surface area contributed by atoms with Crippen LogP contribution in [0, 0.1) is 5.82 Å². The van der Waals surface area contributed by atoms with Gasteiger partial charge in [-0.25, -0.2) is 12.8 Å². The summed E-state index contributed by atoms with van der Waals surface area (Å²) in [6.45, 7) is 5.60. The van der Waals surface area contributed by atoms with E-state index in [1.165, 1.54) is 18.1 Å². The van der Waals surface area contributed by atoms with Gasteiger partial charge in [0.15, 0.2) is 9.84 Å². The number of hydrogen-bond donors (Lipinski definition) is 1. The van der Waals surface area contributed by atoms with Gasteiger partial charge >= 0.3 is 0 Å². The first-order chi connectivity index (χ1) is 15.9. The van der Waals surface area contributed by atoms with Gasteiger partial charge in [-0.05, 0) is 29.8 Å². The van der Waals surface area contributed by atoms with Crippen LogP contribution in [0.1, 0.15) is 32.2 Å². The zero-order chi connectivity index (χ0) is 24.8. The predicted octanol–water partition coefficient (Wildman–Crippen LogP) is 2.83. The Labute approximate surface area is 196 Å². The lowest BCUT2D eigenvalue weighted by molar-refractivity contribution is -0.119. The van der Waals surface area contributed by atoms with E-state index in [0.717, 1.165) is 6.07 Å². The lowest BCUT2D eigenvalue weighted by Crippen LogP contribution is -2.45. The second kappa shape index (κ2) is 8.48. The minimum absolute atomic E-state index is 0.000627. The van der Waals surface area contributed by atoms with Crippen molar-refractivity contribution in [2.24, 2.45) is 5.73 Å². The van der Waals surface area contributed by atoms with Crippen LogP contribution < -0.4 is 15.4 Å². The van der Waals surface area contributed by atoms with E-state index in [4.69, 9.17) is 14.9 Å². The SMILES string of the molecule is COc1ccc(CN2C(=O)[C@@H](N)CS(=O)(=O)c3cc(F)c(-c4nnc(C(C)(C)C)o4)cc32)cc1. The van der Waals surface area contributed by atoms with Gasteiger partial charge in [-0.1, -0.05) is 32.9 Å². The quantitative estimate of drug-likeness (QED) is 0.594. The number of amides is 1. The van der Waals surface area contributed by atoms with Crippen LogP contribution in [0.4, 0.5) is 10.1 Å². The summed E-state index contributed by atoms with van der Waals surface area (Å²) in [6, 6.07) is 7.76. The fourth-order valence-electron chi connectivity index (χ4n) is 3.60. The first-order valence-electron chi connectivity index (χ1n) is 10.5. The monoisotopic (exact) mass is 488 g/mol. The van der Waals surface area contributed by atoms with Crippen LogP contribution in [-0.2, 0) is 26.6 Å². The molecule has 34 heavy (non-hydrogen) atoms. The number of nitrogens with zero attached hydrogens (tertiary/aromatic N) is 3. The van der Waals surface area contributed by atoms with E-state index in [-0.39, 0.29) is 34.5 Å². The number of ether oxygens (including phenoxy) is 1. The molecular formula is C23H25FN4O5S. The fraction of sp³-hybridized carbons (Fsp3) is 0.348. The van der Waals surface area contributed by atoms with Gasteiger partial charge in [-0.15, -0.1) is 10.2 Å². The number of anilines is 1. The molecule has 9 nitrogen and oxygen atoms in total. The molecule has 0 fully saturated rings. The summed E-state index contributed by atoms with van der Waals surface area (Å²) in [4.78, 5) is 14.1.